The number of amides is 2. The molecular weight excluding hydrogens is 466 g/mol. The number of rotatable bonds is 7. The molecule has 2 rings (SSSR count). The highest BCUT2D eigenvalue weighted by atomic mass is 35.5. The molecule has 1 aromatic carbocycles. The fraction of sp³-hybridized carbons (Fsp3) is 0.474. The predicted octanol–water partition coefficient (Wildman–Crippen LogP) is 2.50. The van der Waals surface area contributed by atoms with E-state index in [-0.39, 0.29) is 28.8 Å². The maximum atomic E-state index is 12.5. The fourth-order valence-electron chi connectivity index (χ4n) is 2.75. The van der Waals surface area contributed by atoms with E-state index in [0.717, 1.165) is 11.8 Å². The van der Waals surface area contributed by atoms with Gasteiger partial charge in [0.15, 0.2) is 0 Å². The highest BCUT2D eigenvalue weighted by molar-refractivity contribution is 8.01. The molecule has 8 nitrogen and oxygen atoms in total. The fourth-order valence-corrected chi connectivity index (χ4v) is 3.78. The lowest BCUT2D eigenvalue weighted by atomic mass is 9.73. The number of nitrogens with one attached hydrogen (secondary N) is 2. The Balaban J connectivity index is 2.04. The third-order valence-electron chi connectivity index (χ3n) is 4.25. The Morgan fingerprint density at radius 1 is 1.26 bits per heavy atom. The van der Waals surface area contributed by atoms with Crippen LogP contribution in [0.5, 0.6) is 0 Å². The Hall–Kier alpha value is -1.91. The highest BCUT2D eigenvalue weighted by Gasteiger charge is 2.41. The predicted molar refractivity (Wildman–Crippen MR) is 120 cm³/mol. The van der Waals surface area contributed by atoms with Crippen molar-refractivity contribution in [1.82, 2.24) is 10.6 Å². The normalized spacial score (nSPS) is 17.9. The van der Waals surface area contributed by atoms with Crippen LogP contribution in [0.2, 0.25) is 10.0 Å². The van der Waals surface area contributed by atoms with Crippen molar-refractivity contribution >= 4 is 65.8 Å². The topological polar surface area (TPSA) is 111 Å². The van der Waals surface area contributed by atoms with Crippen LogP contribution in [0.15, 0.2) is 18.2 Å². The van der Waals surface area contributed by atoms with Gasteiger partial charge in [0.1, 0.15) is 0 Å². The van der Waals surface area contributed by atoms with Crippen molar-refractivity contribution in [1.29, 1.82) is 0 Å². The van der Waals surface area contributed by atoms with Gasteiger partial charge in [0, 0.05) is 5.02 Å². The first-order chi connectivity index (χ1) is 14.6. The SMILES string of the molecule is CC(C)C[C@H](NC(=O)CNC(=O)c1cc(Cl)ccc1Cl)B1OC(=O)CS[C@H](C)C(=O)O1. The van der Waals surface area contributed by atoms with Crippen LogP contribution < -0.4 is 10.6 Å². The Kier molecular flexibility index (Phi) is 9.52. The van der Waals surface area contributed by atoms with Gasteiger partial charge in [-0.25, -0.2) is 0 Å². The summed E-state index contributed by atoms with van der Waals surface area (Å²) in [5.74, 6) is -2.87. The van der Waals surface area contributed by atoms with Gasteiger partial charge in [0.2, 0.25) is 5.91 Å². The first-order valence-corrected chi connectivity index (χ1v) is 11.4. The third-order valence-corrected chi connectivity index (χ3v) is 5.91. The molecule has 0 aliphatic carbocycles. The molecule has 2 N–H and O–H groups in total. The zero-order valence-electron chi connectivity index (χ0n) is 17.3. The van der Waals surface area contributed by atoms with Gasteiger partial charge < -0.3 is 19.9 Å². The molecule has 31 heavy (non-hydrogen) atoms. The summed E-state index contributed by atoms with van der Waals surface area (Å²) < 4.78 is 10.6. The second-order valence-electron chi connectivity index (χ2n) is 7.36. The van der Waals surface area contributed by atoms with E-state index in [1.165, 1.54) is 12.1 Å². The Bertz CT molecular complexity index is 857. The Morgan fingerprint density at radius 3 is 2.65 bits per heavy atom. The van der Waals surface area contributed by atoms with Gasteiger partial charge >= 0.3 is 19.1 Å². The van der Waals surface area contributed by atoms with Crippen molar-refractivity contribution < 1.29 is 28.5 Å². The number of hydrogen-bond acceptors (Lipinski definition) is 7. The highest BCUT2D eigenvalue weighted by Crippen LogP contribution is 2.21. The summed E-state index contributed by atoms with van der Waals surface area (Å²) in [7, 11) is -1.26. The van der Waals surface area contributed by atoms with Crippen LogP contribution in [0.3, 0.4) is 0 Å². The summed E-state index contributed by atoms with van der Waals surface area (Å²) >= 11 is 13.0. The van der Waals surface area contributed by atoms with Gasteiger partial charge in [-0.2, -0.15) is 0 Å². The van der Waals surface area contributed by atoms with Crippen LogP contribution in [0, 0.1) is 5.92 Å². The molecule has 1 saturated heterocycles. The van der Waals surface area contributed by atoms with Crippen molar-refractivity contribution in [2.45, 2.75) is 38.4 Å². The van der Waals surface area contributed by atoms with Crippen LogP contribution in [-0.4, -0.2) is 54.4 Å². The molecule has 0 bridgehead atoms. The summed E-state index contributed by atoms with van der Waals surface area (Å²) in [5.41, 5.74) is 0.134. The summed E-state index contributed by atoms with van der Waals surface area (Å²) in [6.07, 6.45) is 0.382. The molecule has 0 saturated carbocycles. The molecule has 12 heteroatoms. The van der Waals surface area contributed by atoms with E-state index in [2.05, 4.69) is 10.6 Å². The molecule has 0 aromatic heterocycles. The van der Waals surface area contributed by atoms with E-state index in [4.69, 9.17) is 32.5 Å². The lowest BCUT2D eigenvalue weighted by Gasteiger charge is -2.27. The minimum absolute atomic E-state index is 0.00552. The van der Waals surface area contributed by atoms with Crippen LogP contribution in [0.4, 0.5) is 0 Å². The first kappa shape index (κ1) is 25.4. The van der Waals surface area contributed by atoms with Crippen molar-refractivity contribution in [2.24, 2.45) is 5.92 Å². The standard InChI is InChI=1S/C19H23BCl2N2O6S/c1-10(2)6-15(20-29-17(26)9-31-11(3)19(28)30-20)24-16(25)8-23-18(27)13-7-12(21)4-5-14(13)22/h4-5,7,10-11,15H,6,8-9H2,1-3H3,(H,23,27)(H,24,25)/t11-,15+/m1/s1. The van der Waals surface area contributed by atoms with E-state index in [9.17, 15) is 19.2 Å². The zero-order valence-corrected chi connectivity index (χ0v) is 19.6. The van der Waals surface area contributed by atoms with Crippen molar-refractivity contribution in [3.63, 3.8) is 0 Å². The molecule has 1 aliphatic heterocycles. The summed E-state index contributed by atoms with van der Waals surface area (Å²) in [6.45, 7) is 5.09. The third kappa shape index (κ3) is 7.94. The van der Waals surface area contributed by atoms with Crippen LogP contribution in [0.1, 0.15) is 37.6 Å². The van der Waals surface area contributed by atoms with Gasteiger partial charge in [-0.05, 0) is 37.5 Å². The number of carbonyl (C=O) groups excluding carboxylic acids is 4. The largest absolute Gasteiger partial charge is 0.622 e. The maximum absolute atomic E-state index is 12.5. The molecular formula is C19H23BCl2N2O6S. The van der Waals surface area contributed by atoms with Gasteiger partial charge in [0.25, 0.3) is 5.91 Å². The second-order valence-corrected chi connectivity index (χ2v) is 9.53. The molecule has 2 amide bonds. The quantitative estimate of drug-likeness (QED) is 0.567. The minimum Gasteiger partial charge on any atom is -0.497 e. The molecule has 2 atom stereocenters. The average molecular weight is 489 g/mol. The van der Waals surface area contributed by atoms with Gasteiger partial charge in [-0.1, -0.05) is 37.0 Å². The van der Waals surface area contributed by atoms with Crippen LogP contribution >= 0.6 is 35.0 Å². The number of thioether (sulfide) groups is 1. The zero-order chi connectivity index (χ0) is 23.1. The summed E-state index contributed by atoms with van der Waals surface area (Å²) in [6, 6.07) is 4.42. The molecule has 1 aliphatic rings. The molecule has 0 spiro atoms. The minimum atomic E-state index is -1.26. The van der Waals surface area contributed by atoms with Crippen molar-refractivity contribution in [3.8, 4) is 0 Å². The van der Waals surface area contributed by atoms with Gasteiger partial charge in [-0.15, -0.1) is 11.8 Å². The Morgan fingerprint density at radius 2 is 1.97 bits per heavy atom. The van der Waals surface area contributed by atoms with Crippen LogP contribution in [0.25, 0.3) is 0 Å². The number of benzene rings is 1. The molecule has 1 heterocycles. The molecule has 1 aromatic rings. The van der Waals surface area contributed by atoms with Gasteiger partial charge in [-0.3, -0.25) is 19.2 Å². The maximum Gasteiger partial charge on any atom is 0.622 e. The average Bonchev–Trinajstić information content (AvgIpc) is 2.69. The van der Waals surface area contributed by atoms with Gasteiger partial charge in [0.05, 0.1) is 34.1 Å². The molecule has 0 radical (unpaired) electrons. The molecule has 1 fully saturated rings. The smallest absolute Gasteiger partial charge is 0.497 e. The lowest BCUT2D eigenvalue weighted by molar-refractivity contribution is -0.140. The summed E-state index contributed by atoms with van der Waals surface area (Å²) in [4.78, 5) is 48.9. The second kappa shape index (κ2) is 11.6. The van der Waals surface area contributed by atoms with E-state index in [1.54, 1.807) is 13.0 Å². The summed E-state index contributed by atoms with van der Waals surface area (Å²) in [5, 5.41) is 5.13. The Labute approximate surface area is 195 Å². The number of halogens is 2. The first-order valence-electron chi connectivity index (χ1n) is 9.61. The van der Waals surface area contributed by atoms with E-state index in [1.807, 2.05) is 13.8 Å². The van der Waals surface area contributed by atoms with Crippen molar-refractivity contribution in [2.75, 3.05) is 12.3 Å². The lowest BCUT2D eigenvalue weighted by Crippen LogP contribution is -2.54. The number of hydrogen-bond donors (Lipinski definition) is 2. The van der Waals surface area contributed by atoms with Crippen LogP contribution in [-0.2, 0) is 23.7 Å². The van der Waals surface area contributed by atoms with Crippen molar-refractivity contribution in [3.05, 3.63) is 33.8 Å². The monoisotopic (exact) mass is 488 g/mol. The molecule has 168 valence electrons. The number of carbonyl (C=O) groups is 4. The van der Waals surface area contributed by atoms with E-state index in [0.29, 0.717) is 11.4 Å². The molecule has 0 unspecified atom stereocenters. The van der Waals surface area contributed by atoms with E-state index < -0.39 is 42.1 Å². The van der Waals surface area contributed by atoms with E-state index >= 15 is 0 Å².